The van der Waals surface area contributed by atoms with Gasteiger partial charge in [0.25, 0.3) is 0 Å². The van der Waals surface area contributed by atoms with E-state index in [0.29, 0.717) is 0 Å². The quantitative estimate of drug-likeness (QED) is 0.319. The van der Waals surface area contributed by atoms with Crippen LogP contribution in [-0.2, 0) is 0 Å². The van der Waals surface area contributed by atoms with Crippen molar-refractivity contribution in [2.24, 2.45) is 0 Å². The maximum absolute atomic E-state index is 13.5. The van der Waals surface area contributed by atoms with E-state index >= 15 is 0 Å². The Balaban J connectivity index is 1.98. The van der Waals surface area contributed by atoms with Crippen molar-refractivity contribution in [3.63, 3.8) is 0 Å². The van der Waals surface area contributed by atoms with E-state index in [-0.39, 0.29) is 5.82 Å². The first-order valence-corrected chi connectivity index (χ1v) is 20.3. The molecule has 0 amide bonds. The van der Waals surface area contributed by atoms with Crippen LogP contribution in [0.3, 0.4) is 0 Å². The van der Waals surface area contributed by atoms with Crippen molar-refractivity contribution >= 4 is 37.4 Å². The molecule has 0 saturated heterocycles. The summed E-state index contributed by atoms with van der Waals surface area (Å²) < 4.78 is 17.7. The van der Waals surface area contributed by atoms with E-state index in [2.05, 4.69) is 91.0 Å². The molecule has 0 aliphatic carbocycles. The van der Waals surface area contributed by atoms with Crippen molar-refractivity contribution in [1.29, 1.82) is 0 Å². The van der Waals surface area contributed by atoms with Crippen LogP contribution in [0.15, 0.2) is 120 Å². The van der Waals surface area contributed by atoms with Gasteiger partial charge in [0, 0.05) is 0 Å². The molecule has 3 heteroatoms. The van der Waals surface area contributed by atoms with Crippen molar-refractivity contribution < 1.29 is 4.39 Å². The summed E-state index contributed by atoms with van der Waals surface area (Å²) in [5, 5.41) is 0. The monoisotopic (exact) mass is 566 g/mol. The molecule has 4 rings (SSSR count). The van der Waals surface area contributed by atoms with E-state index in [9.17, 15) is 4.39 Å². The van der Waals surface area contributed by atoms with Crippen LogP contribution >= 0.6 is 8.31 Å². The molecule has 0 heterocycles. The summed E-state index contributed by atoms with van der Waals surface area (Å²) in [5.41, 5.74) is 0. The Morgan fingerprint density at radius 3 is 1.22 bits per heavy atom. The molecule has 0 atom stereocenters. The Hall–Kier alpha value is -1.92. The van der Waals surface area contributed by atoms with E-state index in [1.54, 1.807) is 12.1 Å². The minimum absolute atomic E-state index is 0.194. The zero-order valence-electron chi connectivity index (χ0n) is 14.8. The van der Waals surface area contributed by atoms with Crippen molar-refractivity contribution in [2.45, 2.75) is 4.90 Å². The third kappa shape index (κ3) is 3.87. The molecule has 0 radical (unpaired) electrons. The molecule has 132 valence electrons. The molecule has 0 N–H and O–H groups in total. The average Bonchev–Trinajstić information content (AvgIpc) is 2.75. The summed E-state index contributed by atoms with van der Waals surface area (Å²) in [7, 11) is 1.96. The summed E-state index contributed by atoms with van der Waals surface area (Å²) in [5.74, 6) is -0.194. The van der Waals surface area contributed by atoms with Crippen molar-refractivity contribution in [1.82, 2.24) is 0 Å². The normalized spacial score (nSPS) is 11.3. The number of hydrogen-bond acceptors (Lipinski definition) is 1. The molecule has 0 aliphatic rings. The Bertz CT molecular complexity index is 890. The van der Waals surface area contributed by atoms with Gasteiger partial charge in [-0.05, 0) is 0 Å². The second-order valence-corrected chi connectivity index (χ2v) is 26.8. The van der Waals surface area contributed by atoms with Crippen molar-refractivity contribution in [2.75, 3.05) is 0 Å². The predicted molar refractivity (Wildman–Crippen MR) is 116 cm³/mol. The SMILES string of the molecule is Fc1ccc([S][Pb]([c]2ccccc2)([c]2ccccc2)[c]2ccccc2)cc1. The molecule has 0 unspecified atom stereocenters. The van der Waals surface area contributed by atoms with Gasteiger partial charge in [-0.1, -0.05) is 0 Å². The molecular formula is C24H19FPbS. The summed E-state index contributed by atoms with van der Waals surface area (Å²) in [6.07, 6.45) is 0. The number of halogens is 1. The van der Waals surface area contributed by atoms with Crippen LogP contribution < -0.4 is 9.37 Å². The van der Waals surface area contributed by atoms with Gasteiger partial charge >= 0.3 is 168 Å². The van der Waals surface area contributed by atoms with Gasteiger partial charge in [-0.3, -0.25) is 0 Å². The second-order valence-electron chi connectivity index (χ2n) is 6.34. The molecule has 0 fully saturated rings. The molecule has 27 heavy (non-hydrogen) atoms. The van der Waals surface area contributed by atoms with Gasteiger partial charge in [0.2, 0.25) is 0 Å². The summed E-state index contributed by atoms with van der Waals surface area (Å²) in [6.45, 7) is 0. The Kier molecular flexibility index (Phi) is 5.74. The van der Waals surface area contributed by atoms with Crippen molar-refractivity contribution in [3.05, 3.63) is 121 Å². The van der Waals surface area contributed by atoms with Crippen LogP contribution in [0.4, 0.5) is 4.39 Å². The Labute approximate surface area is 166 Å². The predicted octanol–water partition coefficient (Wildman–Crippen LogP) is 4.58. The third-order valence-corrected chi connectivity index (χ3v) is 31.3. The average molecular weight is 566 g/mol. The van der Waals surface area contributed by atoms with Gasteiger partial charge in [0.1, 0.15) is 0 Å². The first-order valence-electron chi connectivity index (χ1n) is 8.90. The van der Waals surface area contributed by atoms with Crippen LogP contribution in [0.1, 0.15) is 0 Å². The standard InChI is InChI=1S/C6H5FS.3C6H5.Pb/c7-5-1-3-6(8)4-2-5;3*1-2-4-6-5-3-1;/h1-4,8H;3*1-5H;/q;;;;+1/p-1. The van der Waals surface area contributed by atoms with Crippen molar-refractivity contribution in [3.8, 4) is 0 Å². The van der Waals surface area contributed by atoms with Gasteiger partial charge in [-0.25, -0.2) is 0 Å². The van der Waals surface area contributed by atoms with E-state index in [1.807, 2.05) is 20.4 Å². The molecule has 0 bridgehead atoms. The number of rotatable bonds is 5. The molecule has 0 nitrogen and oxygen atoms in total. The fraction of sp³-hybridized carbons (Fsp3) is 0. The molecule has 4 aromatic carbocycles. The van der Waals surface area contributed by atoms with Crippen LogP contribution in [0.5, 0.6) is 0 Å². The molecular weight excluding hydrogens is 547 g/mol. The maximum atomic E-state index is 13.5. The van der Waals surface area contributed by atoms with Gasteiger partial charge in [-0.15, -0.1) is 0 Å². The van der Waals surface area contributed by atoms with Gasteiger partial charge in [0.05, 0.1) is 0 Å². The summed E-state index contributed by atoms with van der Waals surface area (Å²) in [4.78, 5) is 1.12. The summed E-state index contributed by atoms with van der Waals surface area (Å²) in [6, 6.07) is 39.5. The van der Waals surface area contributed by atoms with Gasteiger partial charge in [-0.2, -0.15) is 0 Å². The topological polar surface area (TPSA) is 0 Å². The fourth-order valence-electron chi connectivity index (χ4n) is 3.37. The van der Waals surface area contributed by atoms with Crippen LogP contribution in [-0.4, -0.2) is 19.7 Å². The minimum atomic E-state index is -3.56. The Morgan fingerprint density at radius 1 is 0.481 bits per heavy atom. The third-order valence-electron chi connectivity index (χ3n) is 4.63. The first-order chi connectivity index (χ1) is 13.3. The van der Waals surface area contributed by atoms with Crippen LogP contribution in [0.2, 0.25) is 0 Å². The van der Waals surface area contributed by atoms with Gasteiger partial charge < -0.3 is 0 Å². The van der Waals surface area contributed by atoms with E-state index in [1.165, 1.54) is 9.37 Å². The Morgan fingerprint density at radius 2 is 0.852 bits per heavy atom. The van der Waals surface area contributed by atoms with E-state index in [4.69, 9.17) is 0 Å². The van der Waals surface area contributed by atoms with Crippen LogP contribution in [0, 0.1) is 5.82 Å². The molecule has 4 aromatic rings. The second kappa shape index (κ2) is 8.40. The number of benzene rings is 4. The zero-order chi connectivity index (χ0) is 18.5. The summed E-state index contributed by atoms with van der Waals surface area (Å²) >= 11 is -3.56. The first kappa shape index (κ1) is 18.4. The van der Waals surface area contributed by atoms with E-state index in [0.717, 1.165) is 4.90 Å². The van der Waals surface area contributed by atoms with Gasteiger partial charge in [0.15, 0.2) is 0 Å². The molecule has 0 spiro atoms. The zero-order valence-corrected chi connectivity index (χ0v) is 19.5. The van der Waals surface area contributed by atoms with Crippen LogP contribution in [0.25, 0.3) is 0 Å². The molecule has 0 aromatic heterocycles. The molecule has 0 saturated carbocycles. The van der Waals surface area contributed by atoms with E-state index < -0.39 is 19.7 Å². The molecule has 0 aliphatic heterocycles. The number of hydrogen-bond donors (Lipinski definition) is 0. The fourth-order valence-corrected chi connectivity index (χ4v) is 29.4.